The van der Waals surface area contributed by atoms with Crippen LogP contribution in [0.5, 0.6) is 11.5 Å². The Hall–Kier alpha value is -3.00. The van der Waals surface area contributed by atoms with Crippen molar-refractivity contribution < 1.29 is 14.3 Å². The monoisotopic (exact) mass is 471 g/mol. The molecule has 0 aliphatic rings. The van der Waals surface area contributed by atoms with Crippen molar-refractivity contribution in [2.45, 2.75) is 33.1 Å². The number of ether oxygens (including phenoxy) is 2. The third-order valence-electron chi connectivity index (χ3n) is 4.65. The van der Waals surface area contributed by atoms with Crippen LogP contribution in [0.1, 0.15) is 44.5 Å². The average Bonchev–Trinajstić information content (AvgIpc) is 2.73. The smallest absolute Gasteiger partial charge is 0.308 e. The molecule has 0 aliphatic carbocycles. The summed E-state index contributed by atoms with van der Waals surface area (Å²) in [7, 11) is 1.49. The van der Waals surface area contributed by atoms with Gasteiger partial charge in [-0.25, -0.2) is 4.98 Å². The van der Waals surface area contributed by atoms with Gasteiger partial charge in [0.2, 0.25) is 0 Å². The highest BCUT2D eigenvalue weighted by Crippen LogP contribution is 2.28. The number of benzene rings is 2. The van der Waals surface area contributed by atoms with E-state index >= 15 is 0 Å². The lowest BCUT2D eigenvalue weighted by Gasteiger charge is -2.14. The average molecular weight is 472 g/mol. The topological polar surface area (TPSA) is 82.8 Å². The lowest BCUT2D eigenvalue weighted by Crippen LogP contribution is -2.23. The van der Waals surface area contributed by atoms with Crippen LogP contribution in [-0.2, 0) is 4.79 Å². The number of fused-ring (bicyclic) bond motifs is 1. The van der Waals surface area contributed by atoms with Crippen LogP contribution < -0.4 is 15.0 Å². The van der Waals surface area contributed by atoms with E-state index in [-0.39, 0.29) is 11.5 Å². The summed E-state index contributed by atoms with van der Waals surface area (Å²) < 4.78 is 12.5. The first-order valence-corrected chi connectivity index (χ1v) is 10.3. The Balaban J connectivity index is 2.10. The van der Waals surface area contributed by atoms with Gasteiger partial charge in [0.15, 0.2) is 11.5 Å². The van der Waals surface area contributed by atoms with Crippen LogP contribution in [0, 0.1) is 0 Å². The first-order chi connectivity index (χ1) is 14.3. The maximum Gasteiger partial charge on any atom is 0.308 e. The molecule has 3 aromatic rings. The van der Waals surface area contributed by atoms with Crippen LogP contribution in [0.3, 0.4) is 0 Å². The van der Waals surface area contributed by atoms with E-state index in [1.54, 1.807) is 30.5 Å². The molecule has 0 bridgehead atoms. The number of hydrogen-bond donors (Lipinski definition) is 0. The molecule has 0 aliphatic heterocycles. The first-order valence-electron chi connectivity index (χ1n) is 9.47. The zero-order valence-electron chi connectivity index (χ0n) is 17.2. The van der Waals surface area contributed by atoms with Crippen LogP contribution in [0.15, 0.2) is 50.8 Å². The Morgan fingerprint density at radius 1 is 1.27 bits per heavy atom. The Morgan fingerprint density at radius 2 is 2.03 bits per heavy atom. The van der Waals surface area contributed by atoms with E-state index < -0.39 is 5.97 Å². The van der Waals surface area contributed by atoms with E-state index in [0.717, 1.165) is 10.9 Å². The van der Waals surface area contributed by atoms with Gasteiger partial charge in [-0.1, -0.05) is 29.8 Å². The fourth-order valence-electron chi connectivity index (χ4n) is 2.91. The van der Waals surface area contributed by atoms with E-state index in [0.29, 0.717) is 33.8 Å². The highest BCUT2D eigenvalue weighted by atomic mass is 79.9. The molecule has 0 fully saturated rings. The highest BCUT2D eigenvalue weighted by molar-refractivity contribution is 9.10. The highest BCUT2D eigenvalue weighted by Gasteiger charge is 2.16. The normalized spacial score (nSPS) is 12.3. The summed E-state index contributed by atoms with van der Waals surface area (Å²) in [6.07, 6.45) is 2.37. The van der Waals surface area contributed by atoms with Gasteiger partial charge in [0.05, 0.1) is 24.2 Å². The zero-order chi connectivity index (χ0) is 21.8. The third-order valence-corrected chi connectivity index (χ3v) is 5.14. The molecule has 0 N–H and O–H groups in total. The summed E-state index contributed by atoms with van der Waals surface area (Å²) in [6, 6.07) is 10.5. The quantitative estimate of drug-likeness (QED) is 0.300. The van der Waals surface area contributed by atoms with Crippen molar-refractivity contribution in [1.82, 2.24) is 9.66 Å². The minimum absolute atomic E-state index is 0.0452. The third kappa shape index (κ3) is 4.59. The number of carbonyl (C=O) groups is 1. The van der Waals surface area contributed by atoms with Gasteiger partial charge in [0, 0.05) is 17.3 Å². The summed E-state index contributed by atoms with van der Waals surface area (Å²) in [6.45, 7) is 5.37. The number of carbonyl (C=O) groups excluding carboxylic acids is 1. The molecule has 8 heteroatoms. The standard InChI is InChI=1S/C22H22BrN3O4/c1-5-13(2)21-25-18-8-7-16(23)11-17(18)22(28)26(21)24-12-15-6-9-19(30-14(3)27)20(10-15)29-4/h6-13H,5H2,1-4H3/t13-/m1/s1. The maximum absolute atomic E-state index is 13.1. The molecule has 1 aromatic heterocycles. The molecule has 2 aromatic carbocycles. The predicted molar refractivity (Wildman–Crippen MR) is 120 cm³/mol. The van der Waals surface area contributed by atoms with Gasteiger partial charge in [-0.15, -0.1) is 0 Å². The number of methoxy groups -OCH3 is 1. The van der Waals surface area contributed by atoms with E-state index in [9.17, 15) is 9.59 Å². The Morgan fingerprint density at radius 3 is 2.70 bits per heavy atom. The van der Waals surface area contributed by atoms with Gasteiger partial charge in [-0.05, 0) is 48.4 Å². The molecule has 0 unspecified atom stereocenters. The number of halogens is 1. The molecule has 0 amide bonds. The molecule has 1 heterocycles. The Bertz CT molecular complexity index is 1190. The second-order valence-corrected chi connectivity index (χ2v) is 7.72. The summed E-state index contributed by atoms with van der Waals surface area (Å²) in [5.41, 5.74) is 1.08. The predicted octanol–water partition coefficient (Wildman–Crippen LogP) is 4.49. The molecule has 3 rings (SSSR count). The van der Waals surface area contributed by atoms with Gasteiger partial charge in [0.1, 0.15) is 5.82 Å². The minimum Gasteiger partial charge on any atom is -0.493 e. The number of esters is 1. The van der Waals surface area contributed by atoms with Crippen LogP contribution in [0.25, 0.3) is 10.9 Å². The molecule has 30 heavy (non-hydrogen) atoms. The van der Waals surface area contributed by atoms with E-state index in [1.165, 1.54) is 18.7 Å². The van der Waals surface area contributed by atoms with E-state index in [4.69, 9.17) is 9.47 Å². The minimum atomic E-state index is -0.437. The van der Waals surface area contributed by atoms with Gasteiger partial charge in [-0.2, -0.15) is 9.78 Å². The van der Waals surface area contributed by atoms with Crippen LogP contribution in [-0.4, -0.2) is 29.0 Å². The fraction of sp³-hybridized carbons (Fsp3) is 0.273. The van der Waals surface area contributed by atoms with Crippen molar-refractivity contribution in [2.75, 3.05) is 7.11 Å². The first kappa shape index (κ1) is 21.7. The van der Waals surface area contributed by atoms with Crippen molar-refractivity contribution in [3.05, 3.63) is 62.6 Å². The lowest BCUT2D eigenvalue weighted by molar-refractivity contribution is -0.132. The Labute approximate surface area is 182 Å². The summed E-state index contributed by atoms with van der Waals surface area (Å²) >= 11 is 3.40. The van der Waals surface area contributed by atoms with E-state index in [2.05, 4.69) is 26.0 Å². The van der Waals surface area contributed by atoms with E-state index in [1.807, 2.05) is 26.0 Å². The van der Waals surface area contributed by atoms with Gasteiger partial charge in [-0.3, -0.25) is 9.59 Å². The second kappa shape index (κ2) is 9.21. The maximum atomic E-state index is 13.1. The summed E-state index contributed by atoms with van der Waals surface area (Å²) in [5.74, 6) is 0.912. The Kier molecular flexibility index (Phi) is 6.66. The second-order valence-electron chi connectivity index (χ2n) is 6.81. The van der Waals surface area contributed by atoms with Gasteiger partial charge >= 0.3 is 5.97 Å². The number of aromatic nitrogens is 2. The molecular weight excluding hydrogens is 450 g/mol. The largest absolute Gasteiger partial charge is 0.493 e. The molecule has 156 valence electrons. The van der Waals surface area contributed by atoms with Crippen molar-refractivity contribution in [3.63, 3.8) is 0 Å². The van der Waals surface area contributed by atoms with Crippen molar-refractivity contribution >= 4 is 39.0 Å². The molecule has 0 saturated carbocycles. The SMILES string of the molecule is CC[C@@H](C)c1nc2ccc(Br)cc2c(=O)n1N=Cc1ccc(OC(C)=O)c(OC)c1. The number of nitrogens with zero attached hydrogens (tertiary/aromatic N) is 3. The zero-order valence-corrected chi connectivity index (χ0v) is 18.8. The summed E-state index contributed by atoms with van der Waals surface area (Å²) in [4.78, 5) is 29.1. The van der Waals surface area contributed by atoms with Crippen LogP contribution >= 0.6 is 15.9 Å². The molecule has 0 saturated heterocycles. The molecule has 0 radical (unpaired) electrons. The molecular formula is C22H22BrN3O4. The lowest BCUT2D eigenvalue weighted by atomic mass is 10.1. The fourth-order valence-corrected chi connectivity index (χ4v) is 3.27. The molecule has 1 atom stereocenters. The van der Waals surface area contributed by atoms with Crippen molar-refractivity contribution in [2.24, 2.45) is 5.10 Å². The van der Waals surface area contributed by atoms with Crippen molar-refractivity contribution in [3.8, 4) is 11.5 Å². The van der Waals surface area contributed by atoms with Gasteiger partial charge < -0.3 is 9.47 Å². The number of hydrogen-bond acceptors (Lipinski definition) is 6. The summed E-state index contributed by atoms with van der Waals surface area (Å²) in [5, 5.41) is 4.91. The molecule has 7 nitrogen and oxygen atoms in total. The van der Waals surface area contributed by atoms with Crippen molar-refractivity contribution in [1.29, 1.82) is 0 Å². The van der Waals surface area contributed by atoms with Gasteiger partial charge in [0.25, 0.3) is 5.56 Å². The van der Waals surface area contributed by atoms with Crippen LogP contribution in [0.4, 0.5) is 0 Å². The molecule has 0 spiro atoms. The van der Waals surface area contributed by atoms with Crippen LogP contribution in [0.2, 0.25) is 0 Å². The number of rotatable bonds is 6.